The average molecular weight is 875 g/mol. The first-order valence-corrected chi connectivity index (χ1v) is 18.9. The summed E-state index contributed by atoms with van der Waals surface area (Å²) in [6.45, 7) is 4.94. The number of aryl methyl sites for hydroxylation is 1. The summed E-state index contributed by atoms with van der Waals surface area (Å²) in [5.41, 5.74) is 2.57. The Morgan fingerprint density at radius 2 is 1.47 bits per heavy atom. The van der Waals surface area contributed by atoms with E-state index < -0.39 is 32.8 Å². The maximum atomic E-state index is 14.7. The van der Waals surface area contributed by atoms with E-state index in [1.165, 1.54) is 47.1 Å². The Kier molecular flexibility index (Phi) is 14.1. The van der Waals surface area contributed by atoms with Gasteiger partial charge in [0.2, 0.25) is 5.91 Å². The van der Waals surface area contributed by atoms with Crippen molar-refractivity contribution in [3.63, 3.8) is 0 Å². The zero-order chi connectivity index (χ0) is 39.8. The molecule has 1 aliphatic heterocycles. The summed E-state index contributed by atoms with van der Waals surface area (Å²) in [7, 11) is 3.39. The Labute approximate surface area is 332 Å². The van der Waals surface area contributed by atoms with Crippen LogP contribution in [0.25, 0.3) is 6.08 Å². The van der Waals surface area contributed by atoms with Gasteiger partial charge in [-0.25, -0.2) is 8.78 Å². The predicted octanol–water partition coefficient (Wildman–Crippen LogP) is 8.14. The van der Waals surface area contributed by atoms with Crippen LogP contribution < -0.4 is 4.90 Å². The maximum absolute atomic E-state index is 14.7. The van der Waals surface area contributed by atoms with Crippen molar-refractivity contribution >= 4 is 46.2 Å². The van der Waals surface area contributed by atoms with Crippen LogP contribution in [-0.4, -0.2) is 83.5 Å². The summed E-state index contributed by atoms with van der Waals surface area (Å²) in [6, 6.07) is 24.6. The Balaban J connectivity index is 1.44. The lowest BCUT2D eigenvalue weighted by Gasteiger charge is -2.41. The van der Waals surface area contributed by atoms with Crippen molar-refractivity contribution in [3.8, 4) is 0 Å². The van der Waals surface area contributed by atoms with Crippen molar-refractivity contribution in [2.45, 2.75) is 36.2 Å². The van der Waals surface area contributed by atoms with Crippen molar-refractivity contribution in [1.29, 1.82) is 0 Å². The number of rotatable bonds is 14. The number of hydrogen-bond donors (Lipinski definition) is 0. The van der Waals surface area contributed by atoms with Crippen molar-refractivity contribution < 1.29 is 36.3 Å². The number of alkyl halides is 4. The van der Waals surface area contributed by atoms with Gasteiger partial charge >= 0.3 is 6.18 Å². The van der Waals surface area contributed by atoms with E-state index in [9.17, 15) is 31.5 Å². The molecule has 0 saturated carbocycles. The van der Waals surface area contributed by atoms with Gasteiger partial charge in [0.15, 0.2) is 15.2 Å². The predicted molar refractivity (Wildman–Crippen MR) is 212 cm³/mol. The summed E-state index contributed by atoms with van der Waals surface area (Å²) >= 11 is 2.05. The van der Waals surface area contributed by atoms with Crippen LogP contribution in [0.4, 0.5) is 27.6 Å². The molecule has 0 radical (unpaired) electrons. The second kappa shape index (κ2) is 18.5. The molecule has 292 valence electrons. The molecule has 7 nitrogen and oxygen atoms in total. The minimum atomic E-state index is -4.50. The Bertz CT molecular complexity index is 1940. The van der Waals surface area contributed by atoms with Gasteiger partial charge in [-0.1, -0.05) is 66.7 Å². The van der Waals surface area contributed by atoms with Crippen LogP contribution in [0.3, 0.4) is 0 Å². The zero-order valence-corrected chi connectivity index (χ0v) is 33.1. The van der Waals surface area contributed by atoms with Crippen LogP contribution in [0.15, 0.2) is 97.1 Å². The molecule has 4 aromatic rings. The Hall–Kier alpha value is -4.34. The molecule has 1 heterocycles. The van der Waals surface area contributed by atoms with Crippen LogP contribution >= 0.6 is 22.6 Å². The standard InChI is InChI=1S/C42H44F5IN4O3/c1-30-9-15-34(39(44)38(30)43)29-49(2)21-22-50(3)40(54)41(48,27-32-7-5-4-6-8-32)52(28-33-12-18-36(19-13-33)51-23-25-55-26-24-51)37(53)20-14-31-10-16-35(17-11-31)42(45,46)47/h4-20H,21-29H2,1-3H3. The van der Waals surface area contributed by atoms with Crippen molar-refractivity contribution in [1.82, 2.24) is 14.7 Å². The van der Waals surface area contributed by atoms with Crippen LogP contribution in [0.1, 0.15) is 33.4 Å². The van der Waals surface area contributed by atoms with Gasteiger partial charge in [-0.15, -0.1) is 0 Å². The van der Waals surface area contributed by atoms with Crippen LogP contribution in [0.5, 0.6) is 0 Å². The third-order valence-corrected chi connectivity index (χ3v) is 11.0. The number of carbonyl (C=O) groups is 2. The van der Waals surface area contributed by atoms with E-state index in [-0.39, 0.29) is 43.1 Å². The smallest absolute Gasteiger partial charge is 0.378 e. The minimum absolute atomic E-state index is 0.0487. The number of ether oxygens (including phenoxy) is 1. The minimum Gasteiger partial charge on any atom is -0.378 e. The number of carbonyl (C=O) groups excluding carboxylic acids is 2. The first kappa shape index (κ1) is 41.8. The fourth-order valence-electron chi connectivity index (χ4n) is 6.28. The molecule has 1 aliphatic rings. The molecule has 1 atom stereocenters. The second-order valence-electron chi connectivity index (χ2n) is 13.7. The van der Waals surface area contributed by atoms with E-state index in [0.29, 0.717) is 25.3 Å². The van der Waals surface area contributed by atoms with E-state index in [4.69, 9.17) is 4.74 Å². The fraction of sp³-hybridized carbons (Fsp3) is 0.333. The molecule has 55 heavy (non-hydrogen) atoms. The SMILES string of the molecule is Cc1ccc(CN(C)CCN(C)C(=O)C(I)(Cc2ccccc2)N(Cc2ccc(N3CCOCC3)cc2)C(=O)C=Cc2ccc(C(F)(F)F)cc2)c(F)c1F. The van der Waals surface area contributed by atoms with Crippen molar-refractivity contribution in [3.05, 3.63) is 142 Å². The van der Waals surface area contributed by atoms with Gasteiger partial charge in [-0.05, 0) is 89.2 Å². The molecule has 0 aliphatic carbocycles. The first-order chi connectivity index (χ1) is 26.2. The highest BCUT2D eigenvalue weighted by atomic mass is 127. The molecule has 5 rings (SSSR count). The third kappa shape index (κ3) is 10.9. The first-order valence-electron chi connectivity index (χ1n) is 17.8. The number of nitrogens with zero attached hydrogens (tertiary/aromatic N) is 4. The molecule has 0 spiro atoms. The number of halogens is 6. The molecule has 0 aromatic heterocycles. The van der Waals surface area contributed by atoms with Crippen molar-refractivity contribution in [2.75, 3.05) is 58.4 Å². The van der Waals surface area contributed by atoms with Gasteiger partial charge in [0.25, 0.3) is 5.91 Å². The average Bonchev–Trinajstić information content (AvgIpc) is 3.18. The monoisotopic (exact) mass is 874 g/mol. The van der Waals surface area contributed by atoms with Crippen LogP contribution in [-0.2, 0) is 40.0 Å². The molecule has 0 N–H and O–H groups in total. The van der Waals surface area contributed by atoms with Gasteiger partial charge in [0, 0.05) is 70.1 Å². The highest BCUT2D eigenvalue weighted by Gasteiger charge is 2.45. The summed E-state index contributed by atoms with van der Waals surface area (Å²) in [6.07, 6.45) is -1.64. The number of anilines is 1. The topological polar surface area (TPSA) is 56.3 Å². The third-order valence-electron chi connectivity index (χ3n) is 9.57. The van der Waals surface area contributed by atoms with Gasteiger partial charge in [0.1, 0.15) is 0 Å². The molecule has 2 amide bonds. The number of benzene rings is 4. The second-order valence-corrected chi connectivity index (χ2v) is 15.5. The van der Waals surface area contributed by atoms with Gasteiger partial charge in [0.05, 0.1) is 18.8 Å². The molecule has 1 fully saturated rings. The molecule has 0 bridgehead atoms. The van der Waals surface area contributed by atoms with Gasteiger partial charge in [-0.3, -0.25) is 9.59 Å². The Morgan fingerprint density at radius 1 is 0.818 bits per heavy atom. The van der Waals surface area contributed by atoms with Crippen LogP contribution in [0, 0.1) is 18.6 Å². The van der Waals surface area contributed by atoms with E-state index in [1.807, 2.05) is 77.2 Å². The van der Waals surface area contributed by atoms with E-state index in [0.717, 1.165) is 42.0 Å². The lowest BCUT2D eigenvalue weighted by atomic mass is 10.0. The summed E-state index contributed by atoms with van der Waals surface area (Å²) in [5.74, 6) is -2.67. The van der Waals surface area contributed by atoms with Crippen molar-refractivity contribution in [2.24, 2.45) is 0 Å². The summed E-state index contributed by atoms with van der Waals surface area (Å²) < 4.78 is 72.6. The lowest BCUT2D eigenvalue weighted by molar-refractivity contribution is -0.144. The molecular formula is C42H44F5IN4O3. The number of hydrogen-bond acceptors (Lipinski definition) is 5. The lowest BCUT2D eigenvalue weighted by Crippen LogP contribution is -2.58. The molecule has 13 heteroatoms. The highest BCUT2D eigenvalue weighted by Crippen LogP contribution is 2.34. The number of amides is 2. The van der Waals surface area contributed by atoms with Crippen LogP contribution in [0.2, 0.25) is 0 Å². The quantitative estimate of drug-likeness (QED) is 0.0422. The maximum Gasteiger partial charge on any atom is 0.416 e. The van der Waals surface area contributed by atoms with Gasteiger partial charge in [-0.2, -0.15) is 13.2 Å². The fourth-order valence-corrected chi connectivity index (χ4v) is 7.54. The summed E-state index contributed by atoms with van der Waals surface area (Å²) in [5, 5.41) is 0. The molecular weight excluding hydrogens is 830 g/mol. The molecule has 1 unspecified atom stereocenters. The highest BCUT2D eigenvalue weighted by molar-refractivity contribution is 14.1. The molecule has 1 saturated heterocycles. The zero-order valence-electron chi connectivity index (χ0n) is 31.0. The number of morpholine rings is 1. The number of likely N-dealkylation sites (N-methyl/N-ethyl adjacent to an activating group) is 2. The van der Waals surface area contributed by atoms with E-state index in [1.54, 1.807) is 25.1 Å². The van der Waals surface area contributed by atoms with Gasteiger partial charge < -0.3 is 24.3 Å². The summed E-state index contributed by atoms with van der Waals surface area (Å²) in [4.78, 5) is 36.1. The normalized spacial score (nSPS) is 14.6. The Morgan fingerprint density at radius 3 is 2.11 bits per heavy atom. The molecule has 4 aromatic carbocycles. The van der Waals surface area contributed by atoms with E-state index in [2.05, 4.69) is 4.90 Å². The largest absolute Gasteiger partial charge is 0.416 e. The van der Waals surface area contributed by atoms with E-state index >= 15 is 0 Å².